The third-order valence-electron chi connectivity index (χ3n) is 4.25. The second kappa shape index (κ2) is 5.68. The van der Waals surface area contributed by atoms with Crippen LogP contribution in [0, 0.1) is 18.8 Å². The standard InChI is InChI=1S/C16H25N/c1-12-8-9-16(14(3)10-12)17-11-15-7-5-4-6-13(15)2/h4-7,12,14,16-17H,8-11H2,1-3H3. The number of nitrogens with one attached hydrogen (secondary N) is 1. The molecular weight excluding hydrogens is 206 g/mol. The van der Waals surface area contributed by atoms with Gasteiger partial charge in [0.25, 0.3) is 0 Å². The molecule has 3 unspecified atom stereocenters. The summed E-state index contributed by atoms with van der Waals surface area (Å²) in [6, 6.07) is 9.40. The molecule has 94 valence electrons. The normalized spacial score (nSPS) is 29.2. The van der Waals surface area contributed by atoms with E-state index in [-0.39, 0.29) is 0 Å². The lowest BCUT2D eigenvalue weighted by Gasteiger charge is -2.33. The Morgan fingerprint density at radius 1 is 1.18 bits per heavy atom. The number of aryl methyl sites for hydroxylation is 1. The van der Waals surface area contributed by atoms with Crippen LogP contribution in [0.15, 0.2) is 24.3 Å². The van der Waals surface area contributed by atoms with Crippen molar-refractivity contribution in [3.8, 4) is 0 Å². The first kappa shape index (κ1) is 12.6. The van der Waals surface area contributed by atoms with Gasteiger partial charge in [-0.05, 0) is 49.1 Å². The third-order valence-corrected chi connectivity index (χ3v) is 4.25. The van der Waals surface area contributed by atoms with Crippen molar-refractivity contribution in [2.24, 2.45) is 11.8 Å². The van der Waals surface area contributed by atoms with Crippen LogP contribution >= 0.6 is 0 Å². The quantitative estimate of drug-likeness (QED) is 0.831. The molecule has 0 aromatic heterocycles. The molecule has 2 rings (SSSR count). The Labute approximate surface area is 106 Å². The average molecular weight is 231 g/mol. The van der Waals surface area contributed by atoms with E-state index in [0.717, 1.165) is 18.4 Å². The van der Waals surface area contributed by atoms with Gasteiger partial charge in [0.05, 0.1) is 0 Å². The van der Waals surface area contributed by atoms with Crippen molar-refractivity contribution in [2.75, 3.05) is 0 Å². The van der Waals surface area contributed by atoms with Crippen molar-refractivity contribution in [1.82, 2.24) is 5.32 Å². The lowest BCUT2D eigenvalue weighted by molar-refractivity contribution is 0.227. The van der Waals surface area contributed by atoms with Crippen molar-refractivity contribution in [3.63, 3.8) is 0 Å². The van der Waals surface area contributed by atoms with Crippen LogP contribution in [0.25, 0.3) is 0 Å². The summed E-state index contributed by atoms with van der Waals surface area (Å²) in [4.78, 5) is 0. The molecule has 1 nitrogen and oxygen atoms in total. The highest BCUT2D eigenvalue weighted by atomic mass is 14.9. The Kier molecular flexibility index (Phi) is 4.22. The minimum absolute atomic E-state index is 0.714. The van der Waals surface area contributed by atoms with Crippen LogP contribution in [-0.4, -0.2) is 6.04 Å². The molecule has 1 N–H and O–H groups in total. The van der Waals surface area contributed by atoms with Crippen LogP contribution < -0.4 is 5.32 Å². The third kappa shape index (κ3) is 3.32. The Morgan fingerprint density at radius 3 is 2.65 bits per heavy atom. The Hall–Kier alpha value is -0.820. The second-order valence-corrected chi connectivity index (χ2v) is 5.81. The fourth-order valence-corrected chi connectivity index (χ4v) is 3.02. The molecule has 1 heteroatoms. The minimum atomic E-state index is 0.714. The van der Waals surface area contributed by atoms with Crippen LogP contribution in [0.4, 0.5) is 0 Å². The summed E-state index contributed by atoms with van der Waals surface area (Å²) in [5.41, 5.74) is 2.84. The smallest absolute Gasteiger partial charge is 0.0210 e. The summed E-state index contributed by atoms with van der Waals surface area (Å²) in [7, 11) is 0. The van der Waals surface area contributed by atoms with E-state index >= 15 is 0 Å². The topological polar surface area (TPSA) is 12.0 Å². The number of benzene rings is 1. The van der Waals surface area contributed by atoms with Gasteiger partial charge in [-0.15, -0.1) is 0 Å². The molecule has 0 bridgehead atoms. The average Bonchev–Trinajstić information content (AvgIpc) is 2.30. The zero-order valence-electron chi connectivity index (χ0n) is 11.4. The molecule has 0 radical (unpaired) electrons. The molecule has 1 aromatic rings. The highest BCUT2D eigenvalue weighted by molar-refractivity contribution is 5.25. The fourth-order valence-electron chi connectivity index (χ4n) is 3.02. The molecule has 1 saturated carbocycles. The van der Waals surface area contributed by atoms with Crippen molar-refractivity contribution in [3.05, 3.63) is 35.4 Å². The van der Waals surface area contributed by atoms with Gasteiger partial charge in [0.15, 0.2) is 0 Å². The van der Waals surface area contributed by atoms with E-state index in [1.54, 1.807) is 0 Å². The number of hydrogen-bond acceptors (Lipinski definition) is 1. The Bertz CT molecular complexity index is 358. The molecule has 0 saturated heterocycles. The molecule has 0 heterocycles. The highest BCUT2D eigenvalue weighted by Gasteiger charge is 2.24. The first-order valence-electron chi connectivity index (χ1n) is 6.94. The van der Waals surface area contributed by atoms with Gasteiger partial charge in [0.2, 0.25) is 0 Å². The van der Waals surface area contributed by atoms with Crippen molar-refractivity contribution in [1.29, 1.82) is 0 Å². The van der Waals surface area contributed by atoms with Gasteiger partial charge in [0, 0.05) is 12.6 Å². The minimum Gasteiger partial charge on any atom is -0.310 e. The van der Waals surface area contributed by atoms with E-state index in [9.17, 15) is 0 Å². The summed E-state index contributed by atoms with van der Waals surface area (Å²) in [5.74, 6) is 1.74. The van der Waals surface area contributed by atoms with Gasteiger partial charge in [-0.3, -0.25) is 0 Å². The zero-order valence-corrected chi connectivity index (χ0v) is 11.4. The van der Waals surface area contributed by atoms with Crippen LogP contribution in [-0.2, 0) is 6.54 Å². The molecule has 1 fully saturated rings. The fraction of sp³-hybridized carbons (Fsp3) is 0.625. The molecule has 0 aliphatic heterocycles. The van der Waals surface area contributed by atoms with Crippen LogP contribution in [0.2, 0.25) is 0 Å². The summed E-state index contributed by atoms with van der Waals surface area (Å²) in [6.45, 7) is 8.00. The molecule has 0 spiro atoms. The molecule has 3 atom stereocenters. The van der Waals surface area contributed by atoms with E-state index < -0.39 is 0 Å². The summed E-state index contributed by atoms with van der Waals surface area (Å²) in [5, 5.41) is 3.75. The maximum Gasteiger partial charge on any atom is 0.0210 e. The van der Waals surface area contributed by atoms with E-state index in [2.05, 4.69) is 50.4 Å². The van der Waals surface area contributed by atoms with Crippen LogP contribution in [0.5, 0.6) is 0 Å². The van der Waals surface area contributed by atoms with Gasteiger partial charge in [-0.2, -0.15) is 0 Å². The zero-order chi connectivity index (χ0) is 12.3. The lowest BCUT2D eigenvalue weighted by Crippen LogP contribution is -2.38. The SMILES string of the molecule is Cc1ccccc1CNC1CCC(C)CC1C. The summed E-state index contributed by atoms with van der Waals surface area (Å²) in [6.07, 6.45) is 4.11. The van der Waals surface area contributed by atoms with E-state index in [0.29, 0.717) is 6.04 Å². The van der Waals surface area contributed by atoms with Crippen molar-refractivity contribution >= 4 is 0 Å². The molecule has 0 amide bonds. The first-order chi connectivity index (χ1) is 8.16. The molecule has 17 heavy (non-hydrogen) atoms. The van der Waals surface area contributed by atoms with Gasteiger partial charge >= 0.3 is 0 Å². The maximum absolute atomic E-state index is 3.75. The monoisotopic (exact) mass is 231 g/mol. The lowest BCUT2D eigenvalue weighted by atomic mass is 9.80. The van der Waals surface area contributed by atoms with E-state index in [1.807, 2.05) is 0 Å². The summed E-state index contributed by atoms with van der Waals surface area (Å²) < 4.78 is 0. The Balaban J connectivity index is 1.88. The number of rotatable bonds is 3. The van der Waals surface area contributed by atoms with Crippen molar-refractivity contribution in [2.45, 2.75) is 52.6 Å². The van der Waals surface area contributed by atoms with Gasteiger partial charge < -0.3 is 5.32 Å². The van der Waals surface area contributed by atoms with Crippen LogP contribution in [0.3, 0.4) is 0 Å². The predicted octanol–water partition coefficient (Wildman–Crippen LogP) is 3.91. The molecule has 1 aliphatic rings. The van der Waals surface area contributed by atoms with Gasteiger partial charge in [0.1, 0.15) is 0 Å². The Morgan fingerprint density at radius 2 is 1.94 bits per heavy atom. The van der Waals surface area contributed by atoms with Crippen LogP contribution in [0.1, 0.15) is 44.2 Å². The van der Waals surface area contributed by atoms with Crippen molar-refractivity contribution < 1.29 is 0 Å². The van der Waals surface area contributed by atoms with Gasteiger partial charge in [-0.25, -0.2) is 0 Å². The molecule has 1 aromatic carbocycles. The second-order valence-electron chi connectivity index (χ2n) is 5.81. The summed E-state index contributed by atoms with van der Waals surface area (Å²) >= 11 is 0. The maximum atomic E-state index is 3.75. The predicted molar refractivity (Wildman–Crippen MR) is 74.0 cm³/mol. The largest absolute Gasteiger partial charge is 0.310 e. The highest BCUT2D eigenvalue weighted by Crippen LogP contribution is 2.28. The van der Waals surface area contributed by atoms with Gasteiger partial charge in [-0.1, -0.05) is 38.1 Å². The molecular formula is C16H25N. The number of hydrogen-bond donors (Lipinski definition) is 1. The van der Waals surface area contributed by atoms with E-state index in [4.69, 9.17) is 0 Å². The van der Waals surface area contributed by atoms with E-state index in [1.165, 1.54) is 30.4 Å². The molecule has 1 aliphatic carbocycles. The first-order valence-corrected chi connectivity index (χ1v) is 6.94.